The van der Waals surface area contributed by atoms with Crippen LogP contribution in [0.15, 0.2) is 39.5 Å². The zero-order chi connectivity index (χ0) is 32.0. The zero-order valence-electron chi connectivity index (χ0n) is 23.3. The summed E-state index contributed by atoms with van der Waals surface area (Å²) in [5, 5.41) is 92.1. The van der Waals surface area contributed by atoms with Gasteiger partial charge in [-0.1, -0.05) is 0 Å². The monoisotopic (exact) mass is 624 g/mol. The molecule has 2 aliphatic rings. The molecule has 2 aromatic carbocycles. The van der Waals surface area contributed by atoms with E-state index in [4.69, 9.17) is 28.1 Å². The van der Waals surface area contributed by atoms with Crippen molar-refractivity contribution in [2.24, 2.45) is 0 Å². The molecule has 0 saturated carbocycles. The molecule has 2 saturated heterocycles. The van der Waals surface area contributed by atoms with Crippen LogP contribution in [0.1, 0.15) is 6.92 Å². The molecule has 2 fully saturated rings. The van der Waals surface area contributed by atoms with Gasteiger partial charge in [0.15, 0.2) is 23.4 Å². The number of hydrogen-bond acceptors (Lipinski definition) is 16. The lowest BCUT2D eigenvalue weighted by molar-refractivity contribution is -0.318. The molecule has 1 aromatic heterocycles. The molecular formula is C28H32O16. The van der Waals surface area contributed by atoms with Crippen LogP contribution in [0.3, 0.4) is 0 Å². The van der Waals surface area contributed by atoms with Gasteiger partial charge in [-0.05, 0) is 31.2 Å². The molecule has 9 N–H and O–H groups in total. The second kappa shape index (κ2) is 12.4. The van der Waals surface area contributed by atoms with Crippen molar-refractivity contribution in [3.05, 3.63) is 40.6 Å². The van der Waals surface area contributed by atoms with Crippen molar-refractivity contribution in [3.8, 4) is 40.1 Å². The number of aromatic hydroxyl groups is 3. The molecule has 16 heteroatoms. The SMILES string of the molecule is COc1c(O)cc(O)c2c(=O)c(O[C@@H]3O[C@H](CO[C@@H]4O[C@@H](C)[C@H](O)[C@@H](O)[C@H]4O)[C@@H](O)[C@H](O)[C@H]3O)c(-c3ccc(O)cc3)oc12. The number of rotatable bonds is 7. The fourth-order valence-corrected chi connectivity index (χ4v) is 5.01. The minimum atomic E-state index is -1.94. The fourth-order valence-electron chi connectivity index (χ4n) is 5.01. The van der Waals surface area contributed by atoms with Crippen molar-refractivity contribution in [3.63, 3.8) is 0 Å². The smallest absolute Gasteiger partial charge is 0.239 e. The lowest BCUT2D eigenvalue weighted by Gasteiger charge is -2.42. The fraction of sp³-hybridized carbons (Fsp3) is 0.464. The first-order valence-corrected chi connectivity index (χ1v) is 13.4. The summed E-state index contributed by atoms with van der Waals surface area (Å²) in [5.74, 6) is -2.59. The molecule has 10 atom stereocenters. The van der Waals surface area contributed by atoms with Gasteiger partial charge in [0.05, 0.1) is 19.8 Å². The first-order chi connectivity index (χ1) is 20.8. The third-order valence-corrected chi connectivity index (χ3v) is 7.51. The van der Waals surface area contributed by atoms with Crippen molar-refractivity contribution in [2.75, 3.05) is 13.7 Å². The van der Waals surface area contributed by atoms with E-state index in [-0.39, 0.29) is 28.4 Å². The Morgan fingerprint density at radius 1 is 0.773 bits per heavy atom. The summed E-state index contributed by atoms with van der Waals surface area (Å²) in [6, 6.07) is 6.12. The number of aliphatic hydroxyl groups is 6. The molecule has 0 aliphatic carbocycles. The van der Waals surface area contributed by atoms with Crippen molar-refractivity contribution in [1.82, 2.24) is 0 Å². The van der Waals surface area contributed by atoms with Crippen LogP contribution in [0, 0.1) is 0 Å². The Bertz CT molecular complexity index is 1540. The lowest BCUT2D eigenvalue weighted by atomic mass is 9.98. The molecule has 44 heavy (non-hydrogen) atoms. The largest absolute Gasteiger partial charge is 0.508 e. The number of methoxy groups -OCH3 is 1. The number of phenols is 3. The summed E-state index contributed by atoms with van der Waals surface area (Å²) in [6.45, 7) is 0.845. The topological polar surface area (TPSA) is 258 Å². The Kier molecular flexibility index (Phi) is 8.90. The molecule has 240 valence electrons. The summed E-state index contributed by atoms with van der Waals surface area (Å²) in [6.07, 6.45) is -16.0. The van der Waals surface area contributed by atoms with Crippen LogP contribution in [0.2, 0.25) is 0 Å². The lowest BCUT2D eigenvalue weighted by Crippen LogP contribution is -2.61. The highest BCUT2D eigenvalue weighted by atomic mass is 16.7. The van der Waals surface area contributed by atoms with E-state index < -0.39 is 96.1 Å². The number of benzene rings is 2. The van der Waals surface area contributed by atoms with Gasteiger partial charge in [-0.15, -0.1) is 0 Å². The standard InChI is InChI=1S/C28H32O16/c1-9-16(32)19(35)21(37)27(41-9)40-8-14-17(33)20(36)22(38)28(42-14)44-26-18(34)15-12(30)7-13(31)24(39-2)25(15)43-23(26)10-3-5-11(29)6-4-10/h3-7,9,14,16-17,19-22,27-33,35-38H,8H2,1-2H3/t9-,14+,16-,17+,19+,20-,21+,22+,27+,28-/m0/s1. The van der Waals surface area contributed by atoms with E-state index in [9.17, 15) is 50.8 Å². The third-order valence-electron chi connectivity index (χ3n) is 7.51. The maximum Gasteiger partial charge on any atom is 0.239 e. The van der Waals surface area contributed by atoms with Crippen LogP contribution in [0.25, 0.3) is 22.3 Å². The molecule has 0 amide bonds. The third kappa shape index (κ3) is 5.63. The molecule has 3 heterocycles. The van der Waals surface area contributed by atoms with Crippen molar-refractivity contribution in [1.29, 1.82) is 0 Å². The van der Waals surface area contributed by atoms with Gasteiger partial charge in [0.25, 0.3) is 0 Å². The van der Waals surface area contributed by atoms with E-state index in [0.717, 1.165) is 6.07 Å². The summed E-state index contributed by atoms with van der Waals surface area (Å²) in [4.78, 5) is 13.8. The van der Waals surface area contributed by atoms with E-state index in [0.29, 0.717) is 0 Å². The van der Waals surface area contributed by atoms with Crippen LogP contribution >= 0.6 is 0 Å². The first-order valence-electron chi connectivity index (χ1n) is 13.4. The summed E-state index contributed by atoms with van der Waals surface area (Å²) >= 11 is 0. The maximum absolute atomic E-state index is 13.8. The van der Waals surface area contributed by atoms with Crippen molar-refractivity contribution < 1.29 is 74.1 Å². The molecule has 0 bridgehead atoms. The van der Waals surface area contributed by atoms with Crippen LogP contribution < -0.4 is 14.9 Å². The van der Waals surface area contributed by atoms with E-state index in [1.54, 1.807) is 0 Å². The molecular weight excluding hydrogens is 592 g/mol. The molecule has 16 nitrogen and oxygen atoms in total. The second-order valence-corrected chi connectivity index (χ2v) is 10.4. The number of hydrogen-bond donors (Lipinski definition) is 9. The average molecular weight is 625 g/mol. The minimum Gasteiger partial charge on any atom is -0.508 e. The van der Waals surface area contributed by atoms with E-state index in [1.165, 1.54) is 38.3 Å². The second-order valence-electron chi connectivity index (χ2n) is 10.4. The van der Waals surface area contributed by atoms with Gasteiger partial charge < -0.3 is 74.1 Å². The number of ether oxygens (including phenoxy) is 5. The van der Waals surface area contributed by atoms with Crippen molar-refractivity contribution >= 4 is 11.0 Å². The van der Waals surface area contributed by atoms with Gasteiger partial charge in [0, 0.05) is 11.6 Å². The number of fused-ring (bicyclic) bond motifs is 1. The highest BCUT2D eigenvalue weighted by Crippen LogP contribution is 2.43. The van der Waals surface area contributed by atoms with Gasteiger partial charge >= 0.3 is 0 Å². The van der Waals surface area contributed by atoms with Crippen molar-refractivity contribution in [2.45, 2.75) is 68.3 Å². The first kappa shape index (κ1) is 31.7. The summed E-state index contributed by atoms with van der Waals surface area (Å²) in [5.41, 5.74) is -1.20. The maximum atomic E-state index is 13.8. The predicted octanol–water partition coefficient (Wildman–Crippen LogP) is -1.38. The normalized spacial score (nSPS) is 32.5. The average Bonchev–Trinajstić information content (AvgIpc) is 2.99. The van der Waals surface area contributed by atoms with Crippen LogP contribution in [-0.2, 0) is 14.2 Å². The quantitative estimate of drug-likeness (QED) is 0.147. The predicted molar refractivity (Wildman–Crippen MR) is 145 cm³/mol. The van der Waals surface area contributed by atoms with Crippen LogP contribution in [-0.4, -0.2) is 121 Å². The highest BCUT2D eigenvalue weighted by molar-refractivity contribution is 5.93. The number of phenolic OH excluding ortho intramolecular Hbond substituents is 3. The molecule has 2 aliphatic heterocycles. The van der Waals surface area contributed by atoms with Gasteiger partial charge in [0.2, 0.25) is 23.2 Å². The Morgan fingerprint density at radius 2 is 1.41 bits per heavy atom. The molecule has 0 unspecified atom stereocenters. The molecule has 3 aromatic rings. The zero-order valence-corrected chi connectivity index (χ0v) is 23.3. The molecule has 0 radical (unpaired) electrons. The summed E-state index contributed by atoms with van der Waals surface area (Å²) in [7, 11) is 1.19. The van der Waals surface area contributed by atoms with E-state index >= 15 is 0 Å². The minimum absolute atomic E-state index is 0.123. The Morgan fingerprint density at radius 3 is 2.07 bits per heavy atom. The van der Waals surface area contributed by atoms with Crippen LogP contribution in [0.4, 0.5) is 0 Å². The van der Waals surface area contributed by atoms with Gasteiger partial charge in [-0.25, -0.2) is 0 Å². The van der Waals surface area contributed by atoms with Gasteiger partial charge in [-0.2, -0.15) is 0 Å². The molecule has 5 rings (SSSR count). The van der Waals surface area contributed by atoms with Crippen LogP contribution in [0.5, 0.6) is 28.7 Å². The Hall–Kier alpha value is -3.71. The molecule has 0 spiro atoms. The van der Waals surface area contributed by atoms with Gasteiger partial charge in [-0.3, -0.25) is 4.79 Å². The van der Waals surface area contributed by atoms with E-state index in [1.807, 2.05) is 0 Å². The van der Waals surface area contributed by atoms with Gasteiger partial charge in [0.1, 0.15) is 59.6 Å². The number of aliphatic hydroxyl groups excluding tert-OH is 6. The Labute approximate surface area is 248 Å². The van der Waals surface area contributed by atoms with E-state index in [2.05, 4.69) is 0 Å². The Balaban J connectivity index is 1.50. The summed E-state index contributed by atoms with van der Waals surface area (Å²) < 4.78 is 33.3. The highest BCUT2D eigenvalue weighted by Gasteiger charge is 2.48.